The Morgan fingerprint density at radius 1 is 1.14 bits per heavy atom. The second-order valence-corrected chi connectivity index (χ2v) is 4.75. The molecule has 5 heteroatoms. The van der Waals surface area contributed by atoms with Gasteiger partial charge in [0, 0.05) is 23.6 Å². The van der Waals surface area contributed by atoms with Gasteiger partial charge in [0.25, 0.3) is 5.91 Å². The molecule has 5 nitrogen and oxygen atoms in total. The van der Waals surface area contributed by atoms with Crippen LogP contribution in [0.15, 0.2) is 61.4 Å². The van der Waals surface area contributed by atoms with Gasteiger partial charge >= 0.3 is 0 Å². The minimum absolute atomic E-state index is 0.129. The lowest BCUT2D eigenvalue weighted by Crippen LogP contribution is -2.24. The van der Waals surface area contributed by atoms with E-state index >= 15 is 0 Å². The van der Waals surface area contributed by atoms with Crippen LogP contribution < -0.4 is 10.6 Å². The van der Waals surface area contributed by atoms with Gasteiger partial charge in [-0.3, -0.25) is 14.6 Å². The van der Waals surface area contributed by atoms with Crippen molar-refractivity contribution in [3.8, 4) is 0 Å². The van der Waals surface area contributed by atoms with E-state index in [1.165, 1.54) is 6.08 Å². The normalized spacial score (nSPS) is 11.3. The zero-order chi connectivity index (χ0) is 15.9. The summed E-state index contributed by atoms with van der Waals surface area (Å²) in [4.78, 5) is 27.2. The summed E-state index contributed by atoms with van der Waals surface area (Å²) in [6, 6.07) is 10.5. The Hall–Kier alpha value is -2.95. The summed E-state index contributed by atoms with van der Waals surface area (Å²) in [7, 11) is 0. The van der Waals surface area contributed by atoms with Crippen molar-refractivity contribution in [2.75, 3.05) is 5.32 Å². The highest BCUT2D eigenvalue weighted by Gasteiger charge is 2.08. The predicted octanol–water partition coefficient (Wildman–Crippen LogP) is 2.70. The van der Waals surface area contributed by atoms with Gasteiger partial charge in [0.15, 0.2) is 0 Å². The van der Waals surface area contributed by atoms with Gasteiger partial charge in [0.1, 0.15) is 0 Å². The highest BCUT2D eigenvalue weighted by molar-refractivity contribution is 6.04. The highest BCUT2D eigenvalue weighted by Crippen LogP contribution is 2.16. The van der Waals surface area contributed by atoms with E-state index in [2.05, 4.69) is 22.2 Å². The molecular weight excluding hydrogens is 278 g/mol. The number of nitrogens with one attached hydrogen (secondary N) is 2. The Kier molecular flexibility index (Phi) is 5.03. The minimum Gasteiger partial charge on any atom is -0.346 e. The molecule has 2 rings (SSSR count). The highest BCUT2D eigenvalue weighted by atomic mass is 16.2. The number of carbonyl (C=O) groups is 2. The van der Waals surface area contributed by atoms with Crippen LogP contribution in [0.3, 0.4) is 0 Å². The lowest BCUT2D eigenvalue weighted by molar-refractivity contribution is -0.117. The van der Waals surface area contributed by atoms with Crippen LogP contribution >= 0.6 is 0 Å². The van der Waals surface area contributed by atoms with Crippen molar-refractivity contribution in [3.05, 3.63) is 72.6 Å². The van der Waals surface area contributed by atoms with E-state index in [4.69, 9.17) is 0 Å². The monoisotopic (exact) mass is 295 g/mol. The van der Waals surface area contributed by atoms with Crippen molar-refractivity contribution >= 4 is 17.5 Å². The zero-order valence-corrected chi connectivity index (χ0v) is 12.2. The quantitative estimate of drug-likeness (QED) is 0.833. The van der Waals surface area contributed by atoms with Crippen molar-refractivity contribution in [2.45, 2.75) is 13.0 Å². The molecule has 0 aliphatic carbocycles. The van der Waals surface area contributed by atoms with Gasteiger partial charge in [-0.15, -0.1) is 0 Å². The lowest BCUT2D eigenvalue weighted by atomic mass is 10.1. The van der Waals surface area contributed by atoms with Gasteiger partial charge < -0.3 is 10.6 Å². The van der Waals surface area contributed by atoms with Gasteiger partial charge in [-0.1, -0.05) is 18.7 Å². The van der Waals surface area contributed by atoms with Crippen LogP contribution in [-0.2, 0) is 4.79 Å². The van der Waals surface area contributed by atoms with Gasteiger partial charge in [-0.25, -0.2) is 0 Å². The maximum Gasteiger partial charge on any atom is 0.255 e. The molecule has 0 aliphatic rings. The number of hydrogen-bond acceptors (Lipinski definition) is 3. The average Bonchev–Trinajstić information content (AvgIpc) is 2.56. The SMILES string of the molecule is C=CC(=O)NC(C)c1ccc(NC(=O)c2ccncc2)cc1. The summed E-state index contributed by atoms with van der Waals surface area (Å²) >= 11 is 0. The van der Waals surface area contributed by atoms with Gasteiger partial charge in [0.05, 0.1) is 6.04 Å². The Morgan fingerprint density at radius 2 is 1.77 bits per heavy atom. The van der Waals surface area contributed by atoms with Crippen LogP contribution in [0.25, 0.3) is 0 Å². The molecule has 0 radical (unpaired) electrons. The summed E-state index contributed by atoms with van der Waals surface area (Å²) in [5.41, 5.74) is 2.18. The van der Waals surface area contributed by atoms with Gasteiger partial charge in [-0.05, 0) is 42.8 Å². The number of anilines is 1. The van der Waals surface area contributed by atoms with Crippen LogP contribution in [0.4, 0.5) is 5.69 Å². The van der Waals surface area contributed by atoms with E-state index in [1.54, 1.807) is 36.7 Å². The Morgan fingerprint density at radius 3 is 2.36 bits per heavy atom. The molecule has 2 amide bonds. The van der Waals surface area contributed by atoms with Crippen LogP contribution in [0.2, 0.25) is 0 Å². The molecule has 0 fully saturated rings. The third kappa shape index (κ3) is 4.02. The van der Waals surface area contributed by atoms with E-state index in [-0.39, 0.29) is 17.9 Å². The lowest BCUT2D eigenvalue weighted by Gasteiger charge is -2.13. The van der Waals surface area contributed by atoms with E-state index in [1.807, 2.05) is 19.1 Å². The molecule has 1 heterocycles. The molecule has 1 aromatic heterocycles. The van der Waals surface area contributed by atoms with Crippen LogP contribution in [0, 0.1) is 0 Å². The van der Waals surface area contributed by atoms with Crippen LogP contribution in [-0.4, -0.2) is 16.8 Å². The molecule has 2 aromatic rings. The Balaban J connectivity index is 2.01. The first-order chi connectivity index (χ1) is 10.6. The number of benzene rings is 1. The number of aromatic nitrogens is 1. The summed E-state index contributed by atoms with van der Waals surface area (Å²) in [5, 5.41) is 5.59. The second-order valence-electron chi connectivity index (χ2n) is 4.75. The van der Waals surface area contributed by atoms with Crippen molar-refractivity contribution in [3.63, 3.8) is 0 Å². The molecule has 1 unspecified atom stereocenters. The first kappa shape index (κ1) is 15.4. The molecule has 112 valence electrons. The van der Waals surface area contributed by atoms with Gasteiger partial charge in [0.2, 0.25) is 5.91 Å². The first-order valence-corrected chi connectivity index (χ1v) is 6.84. The van der Waals surface area contributed by atoms with Crippen molar-refractivity contribution in [2.24, 2.45) is 0 Å². The summed E-state index contributed by atoms with van der Waals surface area (Å²) in [5.74, 6) is -0.411. The van der Waals surface area contributed by atoms with E-state index in [9.17, 15) is 9.59 Å². The molecule has 0 saturated heterocycles. The molecule has 1 atom stereocenters. The van der Waals surface area contributed by atoms with Gasteiger partial charge in [-0.2, -0.15) is 0 Å². The molecule has 0 bridgehead atoms. The molecule has 2 N–H and O–H groups in total. The third-order valence-electron chi connectivity index (χ3n) is 3.16. The molecule has 0 saturated carbocycles. The standard InChI is InChI=1S/C17H17N3O2/c1-3-16(21)19-12(2)13-4-6-15(7-5-13)20-17(22)14-8-10-18-11-9-14/h3-12H,1H2,2H3,(H,19,21)(H,20,22). The Labute approximate surface area is 129 Å². The Bertz CT molecular complexity index is 666. The fourth-order valence-electron chi connectivity index (χ4n) is 1.92. The summed E-state index contributed by atoms with van der Waals surface area (Å²) in [6.07, 6.45) is 4.38. The van der Waals surface area contributed by atoms with E-state index in [0.29, 0.717) is 11.3 Å². The second kappa shape index (κ2) is 7.17. The average molecular weight is 295 g/mol. The number of carbonyl (C=O) groups excluding carboxylic acids is 2. The zero-order valence-electron chi connectivity index (χ0n) is 12.2. The molecule has 1 aromatic carbocycles. The molecule has 0 aliphatic heterocycles. The van der Waals surface area contributed by atoms with Crippen LogP contribution in [0.5, 0.6) is 0 Å². The number of rotatable bonds is 5. The predicted molar refractivity (Wildman–Crippen MR) is 85.4 cm³/mol. The van der Waals surface area contributed by atoms with E-state index in [0.717, 1.165) is 5.56 Å². The smallest absolute Gasteiger partial charge is 0.255 e. The topological polar surface area (TPSA) is 71.1 Å². The maximum absolute atomic E-state index is 12.0. The third-order valence-corrected chi connectivity index (χ3v) is 3.16. The molecule has 0 spiro atoms. The fraction of sp³-hybridized carbons (Fsp3) is 0.118. The minimum atomic E-state index is -0.220. The fourth-order valence-corrected chi connectivity index (χ4v) is 1.92. The number of hydrogen-bond donors (Lipinski definition) is 2. The number of amides is 2. The van der Waals surface area contributed by atoms with Crippen molar-refractivity contribution < 1.29 is 9.59 Å². The van der Waals surface area contributed by atoms with Crippen LogP contribution in [0.1, 0.15) is 28.9 Å². The first-order valence-electron chi connectivity index (χ1n) is 6.84. The number of nitrogens with zero attached hydrogens (tertiary/aromatic N) is 1. The van der Waals surface area contributed by atoms with Crippen molar-refractivity contribution in [1.29, 1.82) is 0 Å². The van der Waals surface area contributed by atoms with E-state index < -0.39 is 0 Å². The molecular formula is C17H17N3O2. The maximum atomic E-state index is 12.0. The summed E-state index contributed by atoms with van der Waals surface area (Å²) in [6.45, 7) is 5.30. The largest absolute Gasteiger partial charge is 0.346 e. The number of pyridine rings is 1. The summed E-state index contributed by atoms with van der Waals surface area (Å²) < 4.78 is 0. The molecule has 22 heavy (non-hydrogen) atoms. The van der Waals surface area contributed by atoms with Crippen molar-refractivity contribution in [1.82, 2.24) is 10.3 Å².